The standard InChI is InChI=1S/C7H5NO/c1-2-6-7(9)4-3-5-8-6/h1,3-5,9H. The Hall–Kier alpha value is -1.49. The van der Waals surface area contributed by atoms with E-state index in [1.54, 1.807) is 6.07 Å². The van der Waals surface area contributed by atoms with Gasteiger partial charge in [-0.3, -0.25) is 0 Å². The molecule has 0 aliphatic carbocycles. The zero-order chi connectivity index (χ0) is 6.69. The van der Waals surface area contributed by atoms with E-state index in [0.717, 1.165) is 0 Å². The lowest BCUT2D eigenvalue weighted by Crippen LogP contribution is -1.79. The smallest absolute Gasteiger partial charge is 0.154 e. The number of terminal acetylenes is 1. The van der Waals surface area contributed by atoms with Gasteiger partial charge in [-0.1, -0.05) is 0 Å². The predicted octanol–water partition coefficient (Wildman–Crippen LogP) is 0.768. The van der Waals surface area contributed by atoms with E-state index in [9.17, 15) is 0 Å². The largest absolute Gasteiger partial charge is 0.505 e. The quantitative estimate of drug-likeness (QED) is 0.511. The van der Waals surface area contributed by atoms with Crippen LogP contribution in [-0.4, -0.2) is 10.1 Å². The number of aromatic nitrogens is 1. The summed E-state index contributed by atoms with van der Waals surface area (Å²) >= 11 is 0. The Morgan fingerprint density at radius 1 is 1.67 bits per heavy atom. The van der Waals surface area contributed by atoms with Crippen LogP contribution in [0.5, 0.6) is 5.75 Å². The van der Waals surface area contributed by atoms with Crippen molar-refractivity contribution in [2.45, 2.75) is 0 Å². The van der Waals surface area contributed by atoms with Gasteiger partial charge in [0.2, 0.25) is 0 Å². The van der Waals surface area contributed by atoms with Crippen LogP contribution in [0.3, 0.4) is 0 Å². The van der Waals surface area contributed by atoms with Crippen LogP contribution < -0.4 is 0 Å². The first-order valence-electron chi connectivity index (χ1n) is 2.45. The zero-order valence-electron chi connectivity index (χ0n) is 4.70. The maximum atomic E-state index is 8.91. The molecule has 0 saturated carbocycles. The average molecular weight is 119 g/mol. The first kappa shape index (κ1) is 5.64. The van der Waals surface area contributed by atoms with Crippen molar-refractivity contribution in [2.24, 2.45) is 0 Å². The lowest BCUT2D eigenvalue weighted by Gasteiger charge is -1.90. The molecule has 2 nitrogen and oxygen atoms in total. The van der Waals surface area contributed by atoms with Gasteiger partial charge in [-0.05, 0) is 18.1 Å². The van der Waals surface area contributed by atoms with Crippen LogP contribution in [0.25, 0.3) is 0 Å². The van der Waals surface area contributed by atoms with E-state index in [1.807, 2.05) is 0 Å². The first-order valence-corrected chi connectivity index (χ1v) is 2.45. The van der Waals surface area contributed by atoms with Gasteiger partial charge < -0.3 is 5.11 Å². The Morgan fingerprint density at radius 3 is 2.89 bits per heavy atom. The molecule has 0 amide bonds. The van der Waals surface area contributed by atoms with Crippen LogP contribution in [-0.2, 0) is 0 Å². The molecule has 1 rings (SSSR count). The van der Waals surface area contributed by atoms with Crippen molar-refractivity contribution in [2.75, 3.05) is 0 Å². The SMILES string of the molecule is C#Cc1ncccc1O. The summed E-state index contributed by atoms with van der Waals surface area (Å²) in [7, 11) is 0. The van der Waals surface area contributed by atoms with Gasteiger partial charge in [0.15, 0.2) is 5.69 Å². The molecule has 9 heavy (non-hydrogen) atoms. The Kier molecular flexibility index (Phi) is 1.37. The first-order chi connectivity index (χ1) is 4.34. The summed E-state index contributed by atoms with van der Waals surface area (Å²) < 4.78 is 0. The van der Waals surface area contributed by atoms with Gasteiger partial charge in [0.25, 0.3) is 0 Å². The summed E-state index contributed by atoms with van der Waals surface area (Å²) in [5.41, 5.74) is 0.289. The molecule has 44 valence electrons. The summed E-state index contributed by atoms with van der Waals surface area (Å²) in [5.74, 6) is 2.29. The van der Waals surface area contributed by atoms with Gasteiger partial charge >= 0.3 is 0 Å². The molecule has 0 radical (unpaired) electrons. The molecule has 0 aliphatic rings. The Balaban J connectivity index is 3.20. The molecular formula is C7H5NO. The Morgan fingerprint density at radius 2 is 2.44 bits per heavy atom. The molecule has 0 spiro atoms. The average Bonchev–Trinajstić information content (AvgIpc) is 1.89. The highest BCUT2D eigenvalue weighted by atomic mass is 16.3. The summed E-state index contributed by atoms with van der Waals surface area (Å²) in [6, 6.07) is 3.12. The summed E-state index contributed by atoms with van der Waals surface area (Å²) in [5, 5.41) is 8.91. The van der Waals surface area contributed by atoms with E-state index in [1.165, 1.54) is 12.3 Å². The van der Waals surface area contributed by atoms with Gasteiger partial charge in [0.05, 0.1) is 0 Å². The van der Waals surface area contributed by atoms with Crippen molar-refractivity contribution in [3.8, 4) is 18.1 Å². The molecule has 2 heteroatoms. The monoisotopic (exact) mass is 119 g/mol. The molecule has 0 fully saturated rings. The lowest BCUT2D eigenvalue weighted by atomic mass is 10.3. The van der Waals surface area contributed by atoms with Crippen LogP contribution in [0.2, 0.25) is 0 Å². The van der Waals surface area contributed by atoms with E-state index in [2.05, 4.69) is 10.9 Å². The highest BCUT2D eigenvalue weighted by Crippen LogP contribution is 2.09. The normalized spacial score (nSPS) is 8.33. The minimum atomic E-state index is 0.0556. The Bertz CT molecular complexity index is 249. The molecule has 0 unspecified atom stereocenters. The number of pyridine rings is 1. The number of hydrogen-bond donors (Lipinski definition) is 1. The number of aromatic hydroxyl groups is 1. The van der Waals surface area contributed by atoms with Gasteiger partial charge in [-0.15, -0.1) is 6.42 Å². The fourth-order valence-electron chi connectivity index (χ4n) is 0.508. The molecule has 1 N–H and O–H groups in total. The summed E-state index contributed by atoms with van der Waals surface area (Å²) in [6.45, 7) is 0. The van der Waals surface area contributed by atoms with Crippen LogP contribution >= 0.6 is 0 Å². The highest BCUT2D eigenvalue weighted by Gasteiger charge is 1.92. The molecule has 0 saturated heterocycles. The molecule has 1 heterocycles. The molecule has 0 atom stereocenters. The molecule has 0 bridgehead atoms. The van der Waals surface area contributed by atoms with E-state index < -0.39 is 0 Å². The number of nitrogens with zero attached hydrogens (tertiary/aromatic N) is 1. The third-order valence-electron chi connectivity index (χ3n) is 0.923. The minimum absolute atomic E-state index is 0.0556. The van der Waals surface area contributed by atoms with Crippen LogP contribution in [0.1, 0.15) is 5.69 Å². The topological polar surface area (TPSA) is 33.1 Å². The number of rotatable bonds is 0. The van der Waals surface area contributed by atoms with Gasteiger partial charge in [0, 0.05) is 6.20 Å². The van der Waals surface area contributed by atoms with Gasteiger partial charge in [0.1, 0.15) is 5.75 Å². The Labute approximate surface area is 53.2 Å². The zero-order valence-corrected chi connectivity index (χ0v) is 4.70. The highest BCUT2D eigenvalue weighted by molar-refractivity contribution is 5.37. The fourth-order valence-corrected chi connectivity index (χ4v) is 0.508. The molecule has 1 aromatic rings. The molecule has 0 aliphatic heterocycles. The van der Waals surface area contributed by atoms with Crippen LogP contribution in [0.15, 0.2) is 18.3 Å². The summed E-state index contributed by atoms with van der Waals surface area (Å²) in [4.78, 5) is 3.71. The van der Waals surface area contributed by atoms with Gasteiger partial charge in [-0.25, -0.2) is 4.98 Å². The van der Waals surface area contributed by atoms with Crippen molar-refractivity contribution < 1.29 is 5.11 Å². The maximum Gasteiger partial charge on any atom is 0.154 e. The van der Waals surface area contributed by atoms with Crippen molar-refractivity contribution in [3.05, 3.63) is 24.0 Å². The van der Waals surface area contributed by atoms with E-state index >= 15 is 0 Å². The van der Waals surface area contributed by atoms with Crippen molar-refractivity contribution in [3.63, 3.8) is 0 Å². The van der Waals surface area contributed by atoms with Crippen LogP contribution in [0.4, 0.5) is 0 Å². The maximum absolute atomic E-state index is 8.91. The molecule has 1 aromatic heterocycles. The van der Waals surface area contributed by atoms with Gasteiger partial charge in [-0.2, -0.15) is 0 Å². The van der Waals surface area contributed by atoms with Crippen molar-refractivity contribution in [1.29, 1.82) is 0 Å². The van der Waals surface area contributed by atoms with E-state index in [-0.39, 0.29) is 11.4 Å². The minimum Gasteiger partial charge on any atom is -0.505 e. The third kappa shape index (κ3) is 1.000. The fraction of sp³-hybridized carbons (Fsp3) is 0. The second kappa shape index (κ2) is 2.19. The lowest BCUT2D eigenvalue weighted by molar-refractivity contribution is 0.471. The second-order valence-corrected chi connectivity index (χ2v) is 1.52. The van der Waals surface area contributed by atoms with E-state index in [0.29, 0.717) is 0 Å². The molecular weight excluding hydrogens is 114 g/mol. The second-order valence-electron chi connectivity index (χ2n) is 1.52. The predicted molar refractivity (Wildman–Crippen MR) is 33.8 cm³/mol. The van der Waals surface area contributed by atoms with Crippen molar-refractivity contribution >= 4 is 0 Å². The summed E-state index contributed by atoms with van der Waals surface area (Å²) in [6.07, 6.45) is 6.51. The third-order valence-corrected chi connectivity index (χ3v) is 0.923. The molecule has 0 aromatic carbocycles. The van der Waals surface area contributed by atoms with E-state index in [4.69, 9.17) is 11.5 Å². The van der Waals surface area contributed by atoms with Crippen LogP contribution in [0, 0.1) is 12.3 Å². The van der Waals surface area contributed by atoms with Crippen molar-refractivity contribution in [1.82, 2.24) is 4.98 Å². The number of hydrogen-bond acceptors (Lipinski definition) is 2.